The molecule has 0 fully saturated rings. The monoisotopic (exact) mass is 424 g/mol. The molecule has 0 aliphatic rings. The molecular formula is C18H13FN8S2. The second kappa shape index (κ2) is 7.26. The molecule has 2 N–H and O–H groups in total. The van der Waals surface area contributed by atoms with Crippen molar-refractivity contribution in [1.29, 1.82) is 0 Å². The molecule has 5 aromatic rings. The summed E-state index contributed by atoms with van der Waals surface area (Å²) in [6.45, 7) is 2.48. The van der Waals surface area contributed by atoms with Crippen molar-refractivity contribution in [3.05, 3.63) is 52.5 Å². The summed E-state index contributed by atoms with van der Waals surface area (Å²) in [4.78, 5) is 18.6. The third kappa shape index (κ3) is 3.45. The molecule has 144 valence electrons. The maximum Gasteiger partial charge on any atom is 0.222 e. The Morgan fingerprint density at radius 3 is 2.90 bits per heavy atom. The summed E-state index contributed by atoms with van der Waals surface area (Å²) in [6.07, 6.45) is 3.37. The van der Waals surface area contributed by atoms with Gasteiger partial charge in [-0.25, -0.2) is 24.3 Å². The van der Waals surface area contributed by atoms with E-state index in [1.54, 1.807) is 35.9 Å². The summed E-state index contributed by atoms with van der Waals surface area (Å²) in [5.74, 6) is 0.160. The third-order valence-electron chi connectivity index (χ3n) is 4.18. The highest BCUT2D eigenvalue weighted by Crippen LogP contribution is 2.35. The molecule has 1 aromatic carbocycles. The van der Waals surface area contributed by atoms with Gasteiger partial charge in [-0.05, 0) is 25.1 Å². The highest BCUT2D eigenvalue weighted by Gasteiger charge is 2.16. The van der Waals surface area contributed by atoms with E-state index in [0.717, 1.165) is 21.3 Å². The van der Waals surface area contributed by atoms with E-state index in [9.17, 15) is 4.39 Å². The molecule has 4 aromatic heterocycles. The number of benzene rings is 1. The van der Waals surface area contributed by atoms with Crippen LogP contribution in [-0.4, -0.2) is 35.3 Å². The number of H-pyrrole nitrogens is 1. The molecule has 11 heteroatoms. The smallest absolute Gasteiger partial charge is 0.222 e. The molecule has 4 heterocycles. The van der Waals surface area contributed by atoms with Crippen molar-refractivity contribution in [2.24, 2.45) is 0 Å². The average molecular weight is 424 g/mol. The summed E-state index contributed by atoms with van der Waals surface area (Å²) in [5, 5.41) is 16.8. The summed E-state index contributed by atoms with van der Waals surface area (Å²) in [7, 11) is 0. The molecule has 29 heavy (non-hydrogen) atoms. The normalized spacial score (nSPS) is 11.2. The van der Waals surface area contributed by atoms with Crippen molar-refractivity contribution in [3.63, 3.8) is 0 Å². The van der Waals surface area contributed by atoms with Gasteiger partial charge in [0, 0.05) is 23.3 Å². The number of rotatable bonds is 5. The van der Waals surface area contributed by atoms with Gasteiger partial charge in [0.1, 0.15) is 21.0 Å². The second-order valence-corrected chi connectivity index (χ2v) is 8.09. The van der Waals surface area contributed by atoms with E-state index < -0.39 is 5.82 Å². The Labute approximate surface area is 171 Å². The van der Waals surface area contributed by atoms with Crippen LogP contribution in [0.4, 0.5) is 10.3 Å². The molecule has 5 rings (SSSR count). The SMILES string of the molecule is Cc1nc(CNc2ncccn2)sc1-c1csc(-c2cc(F)c3[nH]nnc3c2)n1. The lowest BCUT2D eigenvalue weighted by Gasteiger charge is -2.00. The van der Waals surface area contributed by atoms with E-state index in [1.165, 1.54) is 17.4 Å². The van der Waals surface area contributed by atoms with Crippen LogP contribution in [0, 0.1) is 12.7 Å². The summed E-state index contributed by atoms with van der Waals surface area (Å²) in [5.41, 5.74) is 3.16. The van der Waals surface area contributed by atoms with Crippen LogP contribution in [0.25, 0.3) is 32.2 Å². The van der Waals surface area contributed by atoms with Gasteiger partial charge in [0.05, 0.1) is 22.8 Å². The Morgan fingerprint density at radius 1 is 1.17 bits per heavy atom. The number of aromatic amines is 1. The number of fused-ring (bicyclic) bond motifs is 1. The van der Waals surface area contributed by atoms with Gasteiger partial charge in [-0.1, -0.05) is 5.21 Å². The Kier molecular flexibility index (Phi) is 4.45. The van der Waals surface area contributed by atoms with Gasteiger partial charge in [-0.15, -0.1) is 27.8 Å². The van der Waals surface area contributed by atoms with Crippen LogP contribution in [0.5, 0.6) is 0 Å². The van der Waals surface area contributed by atoms with Gasteiger partial charge >= 0.3 is 0 Å². The Bertz CT molecular complexity index is 1290. The number of nitrogens with zero attached hydrogens (tertiary/aromatic N) is 6. The van der Waals surface area contributed by atoms with E-state index in [0.29, 0.717) is 34.1 Å². The molecule has 0 spiro atoms. The molecule has 0 unspecified atom stereocenters. The molecule has 0 radical (unpaired) electrons. The minimum Gasteiger partial charge on any atom is -0.348 e. The van der Waals surface area contributed by atoms with Gasteiger partial charge in [0.2, 0.25) is 5.95 Å². The van der Waals surface area contributed by atoms with Gasteiger partial charge in [-0.3, -0.25) is 5.10 Å². The molecule has 0 amide bonds. The summed E-state index contributed by atoms with van der Waals surface area (Å²) < 4.78 is 14.2. The van der Waals surface area contributed by atoms with E-state index in [2.05, 4.69) is 35.7 Å². The van der Waals surface area contributed by atoms with Crippen molar-refractivity contribution < 1.29 is 4.39 Å². The lowest BCUT2D eigenvalue weighted by molar-refractivity contribution is 0.636. The lowest BCUT2D eigenvalue weighted by Crippen LogP contribution is -2.02. The molecule has 0 atom stereocenters. The first kappa shape index (κ1) is 17.8. The molecule has 0 aliphatic heterocycles. The zero-order valence-electron chi connectivity index (χ0n) is 15.0. The van der Waals surface area contributed by atoms with E-state index in [1.807, 2.05) is 12.3 Å². The van der Waals surface area contributed by atoms with Crippen LogP contribution in [0.3, 0.4) is 0 Å². The molecular weight excluding hydrogens is 411 g/mol. The zero-order valence-corrected chi connectivity index (χ0v) is 16.7. The number of halogens is 1. The Hall–Kier alpha value is -3.31. The quantitative estimate of drug-likeness (QED) is 0.438. The number of hydrogen-bond donors (Lipinski definition) is 2. The fraction of sp³-hybridized carbons (Fsp3) is 0.111. The Morgan fingerprint density at radius 2 is 2.03 bits per heavy atom. The number of thiazole rings is 2. The lowest BCUT2D eigenvalue weighted by atomic mass is 10.2. The molecule has 0 saturated carbocycles. The van der Waals surface area contributed by atoms with E-state index in [4.69, 9.17) is 4.98 Å². The highest BCUT2D eigenvalue weighted by atomic mass is 32.1. The number of nitrogens with one attached hydrogen (secondary N) is 2. The molecule has 0 aliphatic carbocycles. The van der Waals surface area contributed by atoms with Crippen molar-refractivity contribution in [1.82, 2.24) is 35.3 Å². The minimum absolute atomic E-state index is 0.295. The predicted molar refractivity (Wildman–Crippen MR) is 110 cm³/mol. The fourth-order valence-corrected chi connectivity index (χ4v) is 4.69. The highest BCUT2D eigenvalue weighted by molar-refractivity contribution is 7.16. The van der Waals surface area contributed by atoms with Crippen LogP contribution in [0.2, 0.25) is 0 Å². The van der Waals surface area contributed by atoms with Gasteiger partial charge in [-0.2, -0.15) is 0 Å². The first-order valence-electron chi connectivity index (χ1n) is 8.61. The minimum atomic E-state index is -0.398. The Balaban J connectivity index is 1.40. The third-order valence-corrected chi connectivity index (χ3v) is 6.25. The van der Waals surface area contributed by atoms with Gasteiger partial charge in [0.15, 0.2) is 5.82 Å². The maximum absolute atomic E-state index is 14.2. The van der Waals surface area contributed by atoms with Crippen LogP contribution < -0.4 is 5.32 Å². The van der Waals surface area contributed by atoms with Gasteiger partial charge < -0.3 is 5.32 Å². The van der Waals surface area contributed by atoms with Crippen LogP contribution >= 0.6 is 22.7 Å². The number of hydrogen-bond acceptors (Lipinski definition) is 9. The molecule has 0 saturated heterocycles. The number of anilines is 1. The van der Waals surface area contributed by atoms with Crippen LogP contribution in [0.1, 0.15) is 10.7 Å². The van der Waals surface area contributed by atoms with E-state index >= 15 is 0 Å². The number of aromatic nitrogens is 7. The predicted octanol–water partition coefficient (Wildman–Crippen LogP) is 4.05. The van der Waals surface area contributed by atoms with Crippen molar-refractivity contribution in [3.8, 4) is 21.1 Å². The second-order valence-electron chi connectivity index (χ2n) is 6.15. The molecule has 8 nitrogen and oxygen atoms in total. The largest absolute Gasteiger partial charge is 0.348 e. The average Bonchev–Trinajstić information content (AvgIpc) is 3.46. The van der Waals surface area contributed by atoms with E-state index in [-0.39, 0.29) is 0 Å². The van der Waals surface area contributed by atoms with Gasteiger partial charge in [0.25, 0.3) is 0 Å². The van der Waals surface area contributed by atoms with Crippen molar-refractivity contribution in [2.75, 3.05) is 5.32 Å². The molecule has 0 bridgehead atoms. The van der Waals surface area contributed by atoms with Crippen LogP contribution in [-0.2, 0) is 6.54 Å². The first-order chi connectivity index (χ1) is 14.2. The van der Waals surface area contributed by atoms with Crippen LogP contribution in [0.15, 0.2) is 36.0 Å². The maximum atomic E-state index is 14.2. The zero-order chi connectivity index (χ0) is 19.8. The fourth-order valence-electron chi connectivity index (χ4n) is 2.86. The topological polar surface area (TPSA) is 105 Å². The number of aryl methyl sites for hydroxylation is 1. The van der Waals surface area contributed by atoms with Crippen molar-refractivity contribution in [2.45, 2.75) is 13.5 Å². The summed E-state index contributed by atoms with van der Waals surface area (Å²) in [6, 6.07) is 4.99. The summed E-state index contributed by atoms with van der Waals surface area (Å²) >= 11 is 3.01. The first-order valence-corrected chi connectivity index (χ1v) is 10.3. The standard InChI is InChI=1S/C18H13FN8S2/c1-9-16(29-14(23-9)7-22-18-20-3-2-4-21-18)13-8-28-17(24-13)10-5-11(19)15-12(6-10)25-27-26-15/h2-6,8H,7H2,1H3,(H,20,21,22)(H,25,26,27). The van der Waals surface area contributed by atoms with Crippen molar-refractivity contribution >= 4 is 39.7 Å².